The van der Waals surface area contributed by atoms with E-state index in [-0.39, 0.29) is 12.5 Å². The number of methoxy groups -OCH3 is 1. The highest BCUT2D eigenvalue weighted by Gasteiger charge is 2.09. The van der Waals surface area contributed by atoms with Crippen LogP contribution >= 0.6 is 0 Å². The fourth-order valence-corrected chi connectivity index (χ4v) is 2.06. The molecule has 0 fully saturated rings. The number of benzene rings is 1. The quantitative estimate of drug-likeness (QED) is 0.858. The van der Waals surface area contributed by atoms with Gasteiger partial charge in [0, 0.05) is 24.1 Å². The summed E-state index contributed by atoms with van der Waals surface area (Å²) in [4.78, 5) is 12.0. The standard InChI is InChI=1S/C16H20N2O3/c1-3-15(19)12-7-8-18(10-12)11-16(20)17-13-5-4-6-14(9-13)21-2/h4-10,15,19H,3,11H2,1-2H3,(H,17,20). The van der Waals surface area contributed by atoms with Gasteiger partial charge in [-0.15, -0.1) is 0 Å². The van der Waals surface area contributed by atoms with Crippen LogP contribution in [0.25, 0.3) is 0 Å². The number of anilines is 1. The summed E-state index contributed by atoms with van der Waals surface area (Å²) in [6.07, 6.45) is 3.76. The molecule has 0 bridgehead atoms. The summed E-state index contributed by atoms with van der Waals surface area (Å²) >= 11 is 0. The van der Waals surface area contributed by atoms with E-state index in [1.165, 1.54) is 0 Å². The van der Waals surface area contributed by atoms with E-state index in [4.69, 9.17) is 4.74 Å². The van der Waals surface area contributed by atoms with Crippen molar-refractivity contribution in [3.05, 3.63) is 48.3 Å². The van der Waals surface area contributed by atoms with Gasteiger partial charge in [0.1, 0.15) is 12.3 Å². The molecule has 5 nitrogen and oxygen atoms in total. The van der Waals surface area contributed by atoms with Gasteiger partial charge < -0.3 is 19.7 Å². The molecule has 0 aliphatic rings. The number of hydrogen-bond acceptors (Lipinski definition) is 3. The van der Waals surface area contributed by atoms with Crippen molar-refractivity contribution in [1.82, 2.24) is 4.57 Å². The highest BCUT2D eigenvalue weighted by atomic mass is 16.5. The first-order valence-electron chi connectivity index (χ1n) is 6.90. The molecule has 2 aromatic rings. The highest BCUT2D eigenvalue weighted by molar-refractivity contribution is 5.90. The third kappa shape index (κ3) is 4.10. The predicted molar refractivity (Wildman–Crippen MR) is 81.3 cm³/mol. The van der Waals surface area contributed by atoms with Crippen LogP contribution < -0.4 is 10.1 Å². The van der Waals surface area contributed by atoms with Crippen LogP contribution in [-0.2, 0) is 11.3 Å². The zero-order chi connectivity index (χ0) is 15.2. The van der Waals surface area contributed by atoms with Gasteiger partial charge in [-0.25, -0.2) is 0 Å². The van der Waals surface area contributed by atoms with Crippen molar-refractivity contribution in [1.29, 1.82) is 0 Å². The highest BCUT2D eigenvalue weighted by Crippen LogP contribution is 2.18. The Hall–Kier alpha value is -2.27. The first kappa shape index (κ1) is 15.1. The molecule has 1 unspecified atom stereocenters. The van der Waals surface area contributed by atoms with E-state index in [0.717, 1.165) is 5.56 Å². The monoisotopic (exact) mass is 288 g/mol. The third-order valence-corrected chi connectivity index (χ3v) is 3.22. The van der Waals surface area contributed by atoms with Gasteiger partial charge >= 0.3 is 0 Å². The van der Waals surface area contributed by atoms with Gasteiger partial charge in [0.25, 0.3) is 0 Å². The summed E-state index contributed by atoms with van der Waals surface area (Å²) < 4.78 is 6.87. The Bertz CT molecular complexity index is 607. The molecule has 0 saturated carbocycles. The van der Waals surface area contributed by atoms with Crippen LogP contribution in [0, 0.1) is 0 Å². The number of carbonyl (C=O) groups excluding carboxylic acids is 1. The molecular formula is C16H20N2O3. The van der Waals surface area contributed by atoms with Gasteiger partial charge in [-0.1, -0.05) is 13.0 Å². The number of aromatic nitrogens is 1. The summed E-state index contributed by atoms with van der Waals surface area (Å²) in [5.41, 5.74) is 1.52. The van der Waals surface area contributed by atoms with E-state index in [1.807, 2.05) is 31.2 Å². The zero-order valence-electron chi connectivity index (χ0n) is 12.2. The minimum atomic E-state index is -0.479. The first-order valence-corrected chi connectivity index (χ1v) is 6.90. The van der Waals surface area contributed by atoms with E-state index in [1.54, 1.807) is 30.1 Å². The van der Waals surface area contributed by atoms with Crippen molar-refractivity contribution in [2.24, 2.45) is 0 Å². The van der Waals surface area contributed by atoms with Crippen molar-refractivity contribution >= 4 is 11.6 Å². The molecule has 0 spiro atoms. The second-order valence-electron chi connectivity index (χ2n) is 4.82. The van der Waals surface area contributed by atoms with Gasteiger partial charge in [-0.2, -0.15) is 0 Å². The second kappa shape index (κ2) is 6.95. The number of nitrogens with one attached hydrogen (secondary N) is 1. The molecule has 0 aliphatic heterocycles. The van der Waals surface area contributed by atoms with Gasteiger partial charge in [0.05, 0.1) is 13.2 Å². The maximum Gasteiger partial charge on any atom is 0.244 e. The Labute approximate surface area is 124 Å². The SMILES string of the molecule is CCC(O)c1ccn(CC(=O)Nc2cccc(OC)c2)c1. The van der Waals surface area contributed by atoms with Crippen LogP contribution in [0.2, 0.25) is 0 Å². The van der Waals surface area contributed by atoms with Crippen molar-refractivity contribution in [3.8, 4) is 5.75 Å². The molecular weight excluding hydrogens is 268 g/mol. The lowest BCUT2D eigenvalue weighted by Gasteiger charge is -2.08. The van der Waals surface area contributed by atoms with E-state index in [0.29, 0.717) is 17.9 Å². The maximum absolute atomic E-state index is 12.0. The summed E-state index contributed by atoms with van der Waals surface area (Å²) in [5, 5.41) is 12.6. The molecule has 21 heavy (non-hydrogen) atoms. The topological polar surface area (TPSA) is 63.5 Å². The minimum absolute atomic E-state index is 0.128. The Morgan fingerprint density at radius 2 is 2.24 bits per heavy atom. The average molecular weight is 288 g/mol. The summed E-state index contributed by atoms with van der Waals surface area (Å²) in [7, 11) is 1.58. The van der Waals surface area contributed by atoms with E-state index >= 15 is 0 Å². The smallest absolute Gasteiger partial charge is 0.244 e. The van der Waals surface area contributed by atoms with Crippen LogP contribution in [0.3, 0.4) is 0 Å². The number of rotatable bonds is 6. The molecule has 1 atom stereocenters. The lowest BCUT2D eigenvalue weighted by molar-refractivity contribution is -0.116. The van der Waals surface area contributed by atoms with Gasteiger partial charge in [-0.05, 0) is 30.2 Å². The Balaban J connectivity index is 1.96. The van der Waals surface area contributed by atoms with Gasteiger partial charge in [0.15, 0.2) is 0 Å². The van der Waals surface area contributed by atoms with Crippen LogP contribution in [-0.4, -0.2) is 22.7 Å². The molecule has 0 aliphatic carbocycles. The molecule has 1 heterocycles. The largest absolute Gasteiger partial charge is 0.497 e. The Morgan fingerprint density at radius 3 is 2.95 bits per heavy atom. The lowest BCUT2D eigenvalue weighted by atomic mass is 10.1. The molecule has 2 N–H and O–H groups in total. The number of hydrogen-bond donors (Lipinski definition) is 2. The van der Waals surface area contributed by atoms with Crippen molar-refractivity contribution in [2.45, 2.75) is 26.0 Å². The summed E-state index contributed by atoms with van der Waals surface area (Å²) in [6, 6.07) is 9.04. The lowest BCUT2D eigenvalue weighted by Crippen LogP contribution is -2.17. The number of ether oxygens (including phenoxy) is 1. The van der Waals surface area contributed by atoms with Crippen LogP contribution in [0.4, 0.5) is 5.69 Å². The number of carbonyl (C=O) groups is 1. The number of amides is 1. The van der Waals surface area contributed by atoms with E-state index < -0.39 is 6.10 Å². The van der Waals surface area contributed by atoms with Crippen LogP contribution in [0.5, 0.6) is 5.75 Å². The normalized spacial score (nSPS) is 12.0. The molecule has 5 heteroatoms. The van der Waals surface area contributed by atoms with Crippen molar-refractivity contribution < 1.29 is 14.6 Å². The van der Waals surface area contributed by atoms with E-state index in [2.05, 4.69) is 5.32 Å². The third-order valence-electron chi connectivity index (χ3n) is 3.22. The first-order chi connectivity index (χ1) is 10.1. The maximum atomic E-state index is 12.0. The number of aliphatic hydroxyl groups is 1. The van der Waals surface area contributed by atoms with E-state index in [9.17, 15) is 9.90 Å². The fourth-order valence-electron chi connectivity index (χ4n) is 2.06. The summed E-state index contributed by atoms with van der Waals surface area (Å²) in [5.74, 6) is 0.568. The second-order valence-corrected chi connectivity index (χ2v) is 4.82. The molecule has 2 rings (SSSR count). The van der Waals surface area contributed by atoms with Crippen molar-refractivity contribution in [3.63, 3.8) is 0 Å². The minimum Gasteiger partial charge on any atom is -0.497 e. The Morgan fingerprint density at radius 1 is 1.43 bits per heavy atom. The number of nitrogens with zero attached hydrogens (tertiary/aromatic N) is 1. The molecule has 0 radical (unpaired) electrons. The van der Waals surface area contributed by atoms with Crippen LogP contribution in [0.15, 0.2) is 42.7 Å². The van der Waals surface area contributed by atoms with Gasteiger partial charge in [-0.3, -0.25) is 4.79 Å². The molecule has 1 aromatic carbocycles. The predicted octanol–water partition coefficient (Wildman–Crippen LogP) is 2.58. The van der Waals surface area contributed by atoms with Crippen molar-refractivity contribution in [2.75, 3.05) is 12.4 Å². The molecule has 0 saturated heterocycles. The van der Waals surface area contributed by atoms with Gasteiger partial charge in [0.2, 0.25) is 5.91 Å². The Kier molecular flexibility index (Phi) is 5.00. The molecule has 1 amide bonds. The fraction of sp³-hybridized carbons (Fsp3) is 0.312. The molecule has 112 valence electrons. The molecule has 1 aromatic heterocycles. The zero-order valence-corrected chi connectivity index (χ0v) is 12.2. The number of aliphatic hydroxyl groups excluding tert-OH is 1. The average Bonchev–Trinajstić information content (AvgIpc) is 2.94. The summed E-state index contributed by atoms with van der Waals surface area (Å²) in [6.45, 7) is 2.12. The van der Waals surface area contributed by atoms with Crippen LogP contribution in [0.1, 0.15) is 25.0 Å².